The van der Waals surface area contributed by atoms with Crippen molar-refractivity contribution in [2.75, 3.05) is 11.9 Å². The lowest BCUT2D eigenvalue weighted by Crippen LogP contribution is -2.38. The molecule has 0 aromatic heterocycles. The smallest absolute Gasteiger partial charge is 0.243 e. The number of carbonyl (C=O) groups excluding carboxylic acids is 2. The van der Waals surface area contributed by atoms with Crippen LogP contribution in [0.3, 0.4) is 0 Å². The zero-order chi connectivity index (χ0) is 17.1. The number of amides is 2. The second-order valence-corrected chi connectivity index (χ2v) is 6.31. The highest BCUT2D eigenvalue weighted by molar-refractivity contribution is 5.94. The molecule has 0 heterocycles. The van der Waals surface area contributed by atoms with Crippen molar-refractivity contribution in [3.8, 4) is 0 Å². The molecule has 2 atom stereocenters. The third kappa shape index (κ3) is 7.82. The summed E-state index contributed by atoms with van der Waals surface area (Å²) < 4.78 is 0. The normalized spacial score (nSPS) is 20.0. The highest BCUT2D eigenvalue weighted by Gasteiger charge is 2.24. The van der Waals surface area contributed by atoms with Crippen molar-refractivity contribution >= 4 is 17.5 Å². The van der Waals surface area contributed by atoms with Gasteiger partial charge in [0.15, 0.2) is 0 Å². The van der Waals surface area contributed by atoms with E-state index in [1.807, 2.05) is 30.3 Å². The summed E-state index contributed by atoms with van der Waals surface area (Å²) in [5.41, 5.74) is 0.748. The minimum atomic E-state index is -0.187. The van der Waals surface area contributed by atoms with Crippen LogP contribution in [0.5, 0.6) is 0 Å². The lowest BCUT2D eigenvalue weighted by molar-refractivity contribution is -0.128. The Hall–Kier alpha value is -1.84. The van der Waals surface area contributed by atoms with Crippen LogP contribution in [0.1, 0.15) is 52.9 Å². The molecule has 2 unspecified atom stereocenters. The number of nitrogens with one attached hydrogen (secondary N) is 2. The number of benzene rings is 1. The van der Waals surface area contributed by atoms with E-state index in [9.17, 15) is 9.59 Å². The average Bonchev–Trinajstić information content (AvgIpc) is 2.54. The van der Waals surface area contributed by atoms with Crippen molar-refractivity contribution in [2.24, 2.45) is 11.8 Å². The topological polar surface area (TPSA) is 58.2 Å². The zero-order valence-electron chi connectivity index (χ0n) is 14.6. The van der Waals surface area contributed by atoms with Crippen LogP contribution in [0.4, 0.5) is 5.69 Å². The maximum Gasteiger partial charge on any atom is 0.243 e. The Morgan fingerprint density at radius 2 is 1.78 bits per heavy atom. The number of carbonyl (C=O) groups is 2. The molecular weight excluding hydrogens is 288 g/mol. The maximum atomic E-state index is 12.0. The van der Waals surface area contributed by atoms with Crippen LogP contribution in [-0.4, -0.2) is 18.4 Å². The van der Waals surface area contributed by atoms with Crippen molar-refractivity contribution in [1.82, 2.24) is 5.32 Å². The van der Waals surface area contributed by atoms with E-state index in [4.69, 9.17) is 0 Å². The fraction of sp³-hybridized carbons (Fsp3) is 0.579. The van der Waals surface area contributed by atoms with Gasteiger partial charge in [-0.25, -0.2) is 0 Å². The number of rotatable bonds is 4. The zero-order valence-corrected chi connectivity index (χ0v) is 14.6. The van der Waals surface area contributed by atoms with Crippen molar-refractivity contribution in [3.05, 3.63) is 30.3 Å². The SMILES string of the molecule is CC1CCCC(C(=O)NCC(=O)Nc2ccccc2)C1.CCC. The van der Waals surface area contributed by atoms with Crippen LogP contribution in [0.2, 0.25) is 0 Å². The van der Waals surface area contributed by atoms with Gasteiger partial charge in [-0.2, -0.15) is 0 Å². The van der Waals surface area contributed by atoms with Crippen molar-refractivity contribution < 1.29 is 9.59 Å². The van der Waals surface area contributed by atoms with Crippen LogP contribution in [0, 0.1) is 11.8 Å². The van der Waals surface area contributed by atoms with E-state index >= 15 is 0 Å². The molecule has 2 N–H and O–H groups in total. The predicted molar refractivity (Wildman–Crippen MR) is 95.2 cm³/mol. The van der Waals surface area contributed by atoms with Gasteiger partial charge in [0.25, 0.3) is 0 Å². The summed E-state index contributed by atoms with van der Waals surface area (Å²) in [6.45, 7) is 6.47. The Kier molecular flexibility index (Phi) is 9.03. The molecule has 2 amide bonds. The van der Waals surface area contributed by atoms with Gasteiger partial charge in [0.2, 0.25) is 11.8 Å². The summed E-state index contributed by atoms with van der Waals surface area (Å²) in [5, 5.41) is 5.50. The second-order valence-electron chi connectivity index (χ2n) is 6.31. The van der Waals surface area contributed by atoms with Crippen LogP contribution in [-0.2, 0) is 9.59 Å². The van der Waals surface area contributed by atoms with Gasteiger partial charge in [0, 0.05) is 11.6 Å². The van der Waals surface area contributed by atoms with Crippen LogP contribution in [0.15, 0.2) is 30.3 Å². The Balaban J connectivity index is 0.000000816. The van der Waals surface area contributed by atoms with Gasteiger partial charge >= 0.3 is 0 Å². The maximum absolute atomic E-state index is 12.0. The predicted octanol–water partition coefficient (Wildman–Crippen LogP) is 3.98. The van der Waals surface area contributed by atoms with Crippen molar-refractivity contribution in [1.29, 1.82) is 0 Å². The minimum absolute atomic E-state index is 0.0137. The summed E-state index contributed by atoms with van der Waals surface area (Å²) in [6, 6.07) is 9.25. The highest BCUT2D eigenvalue weighted by atomic mass is 16.2. The lowest BCUT2D eigenvalue weighted by Gasteiger charge is -2.25. The van der Waals surface area contributed by atoms with Crippen LogP contribution >= 0.6 is 0 Å². The standard InChI is InChI=1S/C16H22N2O2.C3H8/c1-12-6-5-7-13(10-12)16(20)17-11-15(19)18-14-8-3-2-4-9-14;1-3-2/h2-4,8-9,12-13H,5-7,10-11H2,1H3,(H,17,20)(H,18,19);3H2,1-2H3. The Morgan fingerprint density at radius 3 is 2.39 bits per heavy atom. The van der Waals surface area contributed by atoms with E-state index in [1.54, 1.807) is 0 Å². The number of hydrogen-bond acceptors (Lipinski definition) is 2. The summed E-state index contributed by atoms with van der Waals surface area (Å²) in [5.74, 6) is 0.508. The van der Waals surface area contributed by atoms with Gasteiger partial charge in [-0.05, 0) is 30.9 Å². The molecule has 128 valence electrons. The van der Waals surface area contributed by atoms with Gasteiger partial charge in [0.1, 0.15) is 0 Å². The Bertz CT molecular complexity index is 474. The molecule has 0 saturated heterocycles. The second kappa shape index (κ2) is 10.8. The summed E-state index contributed by atoms with van der Waals surface area (Å²) in [6.07, 6.45) is 5.44. The molecule has 0 spiro atoms. The molecule has 0 radical (unpaired) electrons. The summed E-state index contributed by atoms with van der Waals surface area (Å²) in [4.78, 5) is 23.7. The summed E-state index contributed by atoms with van der Waals surface area (Å²) >= 11 is 0. The molecule has 0 aliphatic heterocycles. The van der Waals surface area contributed by atoms with Gasteiger partial charge in [0.05, 0.1) is 6.54 Å². The van der Waals surface area contributed by atoms with Crippen LogP contribution < -0.4 is 10.6 Å². The third-order valence-corrected chi connectivity index (χ3v) is 3.79. The first-order chi connectivity index (χ1) is 11.1. The number of anilines is 1. The molecule has 4 heteroatoms. The highest BCUT2D eigenvalue weighted by Crippen LogP contribution is 2.28. The van der Waals surface area contributed by atoms with E-state index in [2.05, 4.69) is 31.4 Å². The van der Waals surface area contributed by atoms with E-state index in [0.717, 1.165) is 24.9 Å². The van der Waals surface area contributed by atoms with Gasteiger partial charge in [-0.15, -0.1) is 0 Å². The first kappa shape index (κ1) is 19.2. The van der Waals surface area contributed by atoms with Gasteiger partial charge < -0.3 is 10.6 Å². The molecule has 1 aromatic carbocycles. The van der Waals surface area contributed by atoms with Crippen molar-refractivity contribution in [2.45, 2.75) is 52.9 Å². The molecule has 1 fully saturated rings. The van der Waals surface area contributed by atoms with E-state index in [1.165, 1.54) is 12.8 Å². The quantitative estimate of drug-likeness (QED) is 0.882. The van der Waals surface area contributed by atoms with E-state index < -0.39 is 0 Å². The molecule has 1 aliphatic carbocycles. The molecule has 0 bridgehead atoms. The first-order valence-electron chi connectivity index (χ1n) is 8.69. The fourth-order valence-electron chi connectivity index (χ4n) is 2.71. The van der Waals surface area contributed by atoms with Gasteiger partial charge in [-0.3, -0.25) is 9.59 Å². The molecule has 4 nitrogen and oxygen atoms in total. The lowest BCUT2D eigenvalue weighted by atomic mass is 9.82. The molecule has 1 saturated carbocycles. The number of hydrogen-bond donors (Lipinski definition) is 2. The fourth-order valence-corrected chi connectivity index (χ4v) is 2.71. The molecule has 2 rings (SSSR count). The van der Waals surface area contributed by atoms with Crippen LogP contribution in [0.25, 0.3) is 0 Å². The number of para-hydroxylation sites is 1. The summed E-state index contributed by atoms with van der Waals surface area (Å²) in [7, 11) is 0. The van der Waals surface area contributed by atoms with E-state index in [0.29, 0.717) is 5.92 Å². The molecule has 1 aliphatic rings. The van der Waals surface area contributed by atoms with E-state index in [-0.39, 0.29) is 24.3 Å². The van der Waals surface area contributed by atoms with Gasteiger partial charge in [-0.1, -0.05) is 58.2 Å². The molecular formula is C19H30N2O2. The average molecular weight is 318 g/mol. The minimum Gasteiger partial charge on any atom is -0.347 e. The molecule has 1 aromatic rings. The largest absolute Gasteiger partial charge is 0.347 e. The first-order valence-corrected chi connectivity index (χ1v) is 8.69. The molecule has 23 heavy (non-hydrogen) atoms. The monoisotopic (exact) mass is 318 g/mol. The van der Waals surface area contributed by atoms with Crippen molar-refractivity contribution in [3.63, 3.8) is 0 Å². The Morgan fingerprint density at radius 1 is 1.13 bits per heavy atom. The third-order valence-electron chi connectivity index (χ3n) is 3.79. The Labute approximate surface area is 140 Å².